The molecule has 0 radical (unpaired) electrons. The molecule has 7 heteroatoms. The molecule has 0 bridgehead atoms. The van der Waals surface area contributed by atoms with Crippen LogP contribution in [0.2, 0.25) is 0 Å². The van der Waals surface area contributed by atoms with Gasteiger partial charge in [-0.3, -0.25) is 19.7 Å². The van der Waals surface area contributed by atoms with Crippen molar-refractivity contribution in [2.45, 2.75) is 0 Å². The number of carbonyl (C=O) groups excluding carboxylic acids is 2. The number of rotatable bonds is 4. The molecule has 1 fully saturated rings. The van der Waals surface area contributed by atoms with Crippen molar-refractivity contribution in [2.24, 2.45) is 0 Å². The molecule has 1 saturated heterocycles. The van der Waals surface area contributed by atoms with Crippen LogP contribution in [0.5, 0.6) is 0 Å². The largest absolute Gasteiger partial charge is 0.335 e. The van der Waals surface area contributed by atoms with Crippen molar-refractivity contribution in [1.82, 2.24) is 25.0 Å². The number of fused-ring (bicyclic) bond motifs is 1. The fraction of sp³-hybridized carbons (Fsp3) is 0.154. The summed E-state index contributed by atoms with van der Waals surface area (Å²) in [5.41, 5.74) is 4.14. The van der Waals surface area contributed by atoms with E-state index < -0.39 is 0 Å². The second-order valence-electron chi connectivity index (χ2n) is 7.93. The lowest BCUT2D eigenvalue weighted by Crippen LogP contribution is -2.50. The highest BCUT2D eigenvalue weighted by atomic mass is 16.2. The van der Waals surface area contributed by atoms with Gasteiger partial charge in [-0.15, -0.1) is 0 Å². The monoisotopic (exact) mass is 437 g/mol. The molecule has 33 heavy (non-hydrogen) atoms. The number of aromatic nitrogens is 3. The van der Waals surface area contributed by atoms with Gasteiger partial charge in [-0.1, -0.05) is 36.4 Å². The van der Waals surface area contributed by atoms with Gasteiger partial charge in [0.25, 0.3) is 11.8 Å². The number of pyridine rings is 1. The summed E-state index contributed by atoms with van der Waals surface area (Å²) in [7, 11) is 0. The Balaban J connectivity index is 1.20. The lowest BCUT2D eigenvalue weighted by molar-refractivity contribution is 0.0535. The smallest absolute Gasteiger partial charge is 0.254 e. The molecule has 2 aromatic carbocycles. The van der Waals surface area contributed by atoms with Crippen molar-refractivity contribution >= 4 is 34.9 Å². The van der Waals surface area contributed by atoms with Gasteiger partial charge in [0.2, 0.25) is 0 Å². The topological polar surface area (TPSA) is 82.2 Å². The lowest BCUT2D eigenvalue weighted by atomic mass is 10.1. The first kappa shape index (κ1) is 20.6. The van der Waals surface area contributed by atoms with E-state index >= 15 is 0 Å². The van der Waals surface area contributed by atoms with Gasteiger partial charge in [0.15, 0.2) is 0 Å². The van der Waals surface area contributed by atoms with Crippen LogP contribution in [0.4, 0.5) is 0 Å². The van der Waals surface area contributed by atoms with Gasteiger partial charge >= 0.3 is 0 Å². The second-order valence-corrected chi connectivity index (χ2v) is 7.93. The predicted molar refractivity (Wildman–Crippen MR) is 128 cm³/mol. The van der Waals surface area contributed by atoms with Gasteiger partial charge in [-0.25, -0.2) is 0 Å². The minimum absolute atomic E-state index is 0.0140. The first-order valence-electron chi connectivity index (χ1n) is 10.9. The van der Waals surface area contributed by atoms with Crippen LogP contribution in [0.25, 0.3) is 23.1 Å². The summed E-state index contributed by atoms with van der Waals surface area (Å²) in [4.78, 5) is 33.1. The number of aromatic amines is 1. The van der Waals surface area contributed by atoms with Crippen LogP contribution in [-0.4, -0.2) is 63.0 Å². The molecule has 0 atom stereocenters. The zero-order chi connectivity index (χ0) is 22.6. The maximum Gasteiger partial charge on any atom is 0.254 e. The van der Waals surface area contributed by atoms with Crippen molar-refractivity contribution in [3.05, 3.63) is 95.4 Å². The molecule has 0 spiro atoms. The van der Waals surface area contributed by atoms with Crippen molar-refractivity contribution in [1.29, 1.82) is 0 Å². The Bertz CT molecular complexity index is 1300. The van der Waals surface area contributed by atoms with E-state index in [1.165, 1.54) is 0 Å². The molecule has 4 aromatic rings. The number of para-hydroxylation sites is 1. The molecule has 2 amide bonds. The maximum atomic E-state index is 12.9. The molecule has 2 aromatic heterocycles. The third-order valence-corrected chi connectivity index (χ3v) is 5.87. The van der Waals surface area contributed by atoms with Crippen molar-refractivity contribution in [3.8, 4) is 0 Å². The Morgan fingerprint density at radius 2 is 1.36 bits per heavy atom. The van der Waals surface area contributed by atoms with Crippen LogP contribution in [0, 0.1) is 0 Å². The van der Waals surface area contributed by atoms with Gasteiger partial charge in [0.05, 0.1) is 11.2 Å². The quantitative estimate of drug-likeness (QED) is 0.528. The average molecular weight is 438 g/mol. The van der Waals surface area contributed by atoms with E-state index in [0.717, 1.165) is 22.2 Å². The van der Waals surface area contributed by atoms with Gasteiger partial charge in [-0.2, -0.15) is 5.10 Å². The summed E-state index contributed by atoms with van der Waals surface area (Å²) in [5.74, 6) is -0.0369. The van der Waals surface area contributed by atoms with Gasteiger partial charge in [-0.05, 0) is 42.0 Å². The van der Waals surface area contributed by atoms with Crippen LogP contribution >= 0.6 is 0 Å². The van der Waals surface area contributed by atoms with E-state index in [4.69, 9.17) is 0 Å². The fourth-order valence-electron chi connectivity index (χ4n) is 4.00. The highest BCUT2D eigenvalue weighted by molar-refractivity contribution is 5.96. The summed E-state index contributed by atoms with van der Waals surface area (Å²) in [6, 6.07) is 19.0. The van der Waals surface area contributed by atoms with Crippen LogP contribution in [0.3, 0.4) is 0 Å². The molecule has 7 nitrogen and oxygen atoms in total. The zero-order valence-electron chi connectivity index (χ0n) is 18.0. The van der Waals surface area contributed by atoms with E-state index in [-0.39, 0.29) is 11.8 Å². The summed E-state index contributed by atoms with van der Waals surface area (Å²) in [5, 5.41) is 8.45. The van der Waals surface area contributed by atoms with E-state index in [1.807, 2.05) is 60.7 Å². The highest BCUT2D eigenvalue weighted by Gasteiger charge is 2.25. The Morgan fingerprint density at radius 3 is 2.03 bits per heavy atom. The highest BCUT2D eigenvalue weighted by Crippen LogP contribution is 2.18. The molecule has 5 rings (SSSR count). The standard InChI is InChI=1S/C26H23N5O2/c32-25(30-15-17-31(18-16-30)26(33)21-11-13-27-14-12-21)20-8-5-19(6-9-20)7-10-24-22-3-1-2-4-23(22)28-29-24/h1-14H,15-18H2,(H,28,29)/b10-7+. The van der Waals surface area contributed by atoms with Gasteiger partial charge in [0, 0.05) is 55.1 Å². The van der Waals surface area contributed by atoms with E-state index in [1.54, 1.807) is 34.3 Å². The number of benzene rings is 2. The molecule has 1 aliphatic rings. The number of H-pyrrole nitrogens is 1. The van der Waals surface area contributed by atoms with Gasteiger partial charge < -0.3 is 9.80 Å². The summed E-state index contributed by atoms with van der Waals surface area (Å²) >= 11 is 0. The summed E-state index contributed by atoms with van der Waals surface area (Å²) < 4.78 is 0. The van der Waals surface area contributed by atoms with Crippen LogP contribution < -0.4 is 0 Å². The molecule has 3 heterocycles. The average Bonchev–Trinajstić information content (AvgIpc) is 3.31. The molecule has 0 saturated carbocycles. The summed E-state index contributed by atoms with van der Waals surface area (Å²) in [6.45, 7) is 2.07. The predicted octanol–water partition coefficient (Wildman–Crippen LogP) is 3.73. The molecule has 164 valence electrons. The lowest BCUT2D eigenvalue weighted by Gasteiger charge is -2.34. The third-order valence-electron chi connectivity index (χ3n) is 5.87. The van der Waals surface area contributed by atoms with Gasteiger partial charge in [0.1, 0.15) is 0 Å². The van der Waals surface area contributed by atoms with Crippen LogP contribution in [-0.2, 0) is 0 Å². The third kappa shape index (κ3) is 4.39. The van der Waals surface area contributed by atoms with E-state index in [9.17, 15) is 9.59 Å². The number of nitrogens with one attached hydrogen (secondary N) is 1. The van der Waals surface area contributed by atoms with Crippen LogP contribution in [0.1, 0.15) is 32.0 Å². The normalized spacial score (nSPS) is 14.2. The molecule has 0 aliphatic carbocycles. The fourth-order valence-corrected chi connectivity index (χ4v) is 4.00. The van der Waals surface area contributed by atoms with Crippen molar-refractivity contribution in [2.75, 3.05) is 26.2 Å². The first-order valence-corrected chi connectivity index (χ1v) is 10.9. The number of hydrogen-bond donors (Lipinski definition) is 1. The number of amides is 2. The number of carbonyl (C=O) groups is 2. The van der Waals surface area contributed by atoms with Crippen molar-refractivity contribution in [3.63, 3.8) is 0 Å². The number of piperazine rings is 1. The number of nitrogens with zero attached hydrogens (tertiary/aromatic N) is 4. The molecular weight excluding hydrogens is 414 g/mol. The SMILES string of the molecule is O=C(c1ccncc1)N1CCN(C(=O)c2ccc(/C=C/c3n[nH]c4ccccc34)cc2)CC1. The zero-order valence-corrected chi connectivity index (χ0v) is 18.0. The molecule has 1 aliphatic heterocycles. The Hall–Kier alpha value is -4.26. The van der Waals surface area contributed by atoms with E-state index in [0.29, 0.717) is 37.3 Å². The number of hydrogen-bond acceptors (Lipinski definition) is 4. The maximum absolute atomic E-state index is 12.9. The summed E-state index contributed by atoms with van der Waals surface area (Å²) in [6.07, 6.45) is 7.18. The minimum Gasteiger partial charge on any atom is -0.335 e. The minimum atomic E-state index is -0.0228. The molecule has 0 unspecified atom stereocenters. The van der Waals surface area contributed by atoms with E-state index in [2.05, 4.69) is 15.2 Å². The molecule has 1 N–H and O–H groups in total. The first-order chi connectivity index (χ1) is 16.2. The molecular formula is C26H23N5O2. The van der Waals surface area contributed by atoms with Crippen LogP contribution in [0.15, 0.2) is 73.1 Å². The Labute approximate surface area is 191 Å². The van der Waals surface area contributed by atoms with Crippen molar-refractivity contribution < 1.29 is 9.59 Å². The Kier molecular flexibility index (Phi) is 5.68. The second kappa shape index (κ2) is 9.08. The Morgan fingerprint density at radius 1 is 0.758 bits per heavy atom.